The second kappa shape index (κ2) is 6.57. The quantitative estimate of drug-likeness (QED) is 0.816. The van der Waals surface area contributed by atoms with Gasteiger partial charge >= 0.3 is 6.09 Å². The van der Waals surface area contributed by atoms with Crippen molar-refractivity contribution in [2.45, 2.75) is 58.7 Å². The van der Waals surface area contributed by atoms with Crippen LogP contribution in [-0.4, -0.2) is 53.5 Å². The third-order valence-corrected chi connectivity index (χ3v) is 3.29. The average molecular weight is 272 g/mol. The summed E-state index contributed by atoms with van der Waals surface area (Å²) in [6.45, 7) is 11.3. The number of aliphatic hydroxyl groups excluding tert-OH is 1. The minimum atomic E-state index is -0.450. The first-order chi connectivity index (χ1) is 8.73. The van der Waals surface area contributed by atoms with Crippen molar-refractivity contribution in [2.75, 3.05) is 19.7 Å². The summed E-state index contributed by atoms with van der Waals surface area (Å²) in [5.41, 5.74) is -0.450. The molecular weight excluding hydrogens is 244 g/mol. The third-order valence-electron chi connectivity index (χ3n) is 3.29. The van der Waals surface area contributed by atoms with E-state index in [-0.39, 0.29) is 24.8 Å². The van der Waals surface area contributed by atoms with Crippen molar-refractivity contribution in [1.82, 2.24) is 10.2 Å². The average Bonchev–Trinajstić information content (AvgIpc) is 2.71. The Bertz CT molecular complexity index is 300. The predicted molar refractivity (Wildman–Crippen MR) is 75.1 cm³/mol. The van der Waals surface area contributed by atoms with Crippen LogP contribution in [0.2, 0.25) is 0 Å². The monoisotopic (exact) mass is 272 g/mol. The topological polar surface area (TPSA) is 61.8 Å². The Morgan fingerprint density at radius 1 is 1.47 bits per heavy atom. The Labute approximate surface area is 116 Å². The van der Waals surface area contributed by atoms with Crippen LogP contribution in [0.15, 0.2) is 0 Å². The third kappa shape index (κ3) is 5.37. The lowest BCUT2D eigenvalue weighted by Crippen LogP contribution is -2.45. The molecule has 0 saturated carbocycles. The first-order valence-corrected chi connectivity index (χ1v) is 7.07. The first-order valence-electron chi connectivity index (χ1n) is 7.07. The van der Waals surface area contributed by atoms with Crippen LogP contribution in [0.1, 0.15) is 41.0 Å². The smallest absolute Gasteiger partial charge is 0.410 e. The number of ether oxygens (including phenoxy) is 1. The molecule has 0 aliphatic carbocycles. The molecule has 1 aliphatic rings. The zero-order chi connectivity index (χ0) is 14.6. The summed E-state index contributed by atoms with van der Waals surface area (Å²) < 4.78 is 5.36. The number of amides is 1. The highest BCUT2D eigenvalue weighted by Crippen LogP contribution is 2.16. The first kappa shape index (κ1) is 16.2. The van der Waals surface area contributed by atoms with Gasteiger partial charge in [0.05, 0.1) is 6.61 Å². The molecule has 112 valence electrons. The van der Waals surface area contributed by atoms with E-state index in [0.717, 1.165) is 6.42 Å². The van der Waals surface area contributed by atoms with Crippen molar-refractivity contribution >= 4 is 6.09 Å². The van der Waals surface area contributed by atoms with E-state index < -0.39 is 5.60 Å². The maximum Gasteiger partial charge on any atom is 0.410 e. The highest BCUT2D eigenvalue weighted by molar-refractivity contribution is 5.68. The van der Waals surface area contributed by atoms with Crippen LogP contribution in [0.3, 0.4) is 0 Å². The Balaban J connectivity index is 2.43. The van der Waals surface area contributed by atoms with E-state index in [0.29, 0.717) is 19.0 Å². The number of rotatable bonds is 4. The molecule has 0 aromatic carbocycles. The molecule has 0 bridgehead atoms. The number of hydrogen-bond donors (Lipinski definition) is 2. The molecule has 0 radical (unpaired) electrons. The van der Waals surface area contributed by atoms with E-state index >= 15 is 0 Å². The maximum atomic E-state index is 11.9. The molecule has 2 unspecified atom stereocenters. The summed E-state index contributed by atoms with van der Waals surface area (Å²) in [5, 5.41) is 12.7. The summed E-state index contributed by atoms with van der Waals surface area (Å²) >= 11 is 0. The van der Waals surface area contributed by atoms with Crippen LogP contribution in [0.5, 0.6) is 0 Å². The van der Waals surface area contributed by atoms with Gasteiger partial charge in [0.2, 0.25) is 0 Å². The van der Waals surface area contributed by atoms with Gasteiger partial charge in [0.15, 0.2) is 0 Å². The van der Waals surface area contributed by atoms with Crippen LogP contribution >= 0.6 is 0 Å². The Kier molecular flexibility index (Phi) is 5.62. The van der Waals surface area contributed by atoms with Gasteiger partial charge in [-0.2, -0.15) is 0 Å². The van der Waals surface area contributed by atoms with Gasteiger partial charge in [-0.15, -0.1) is 0 Å². The minimum Gasteiger partial charge on any atom is -0.444 e. The molecule has 1 fully saturated rings. The Hall–Kier alpha value is -0.810. The predicted octanol–water partition coefficient (Wildman–Crippen LogP) is 1.60. The fourth-order valence-electron chi connectivity index (χ4n) is 2.15. The molecule has 1 aliphatic heterocycles. The summed E-state index contributed by atoms with van der Waals surface area (Å²) in [5.74, 6) is 0.376. The van der Waals surface area contributed by atoms with Crippen LogP contribution in [0.4, 0.5) is 4.79 Å². The van der Waals surface area contributed by atoms with Crippen molar-refractivity contribution in [1.29, 1.82) is 0 Å². The molecule has 2 N–H and O–H groups in total. The number of carbonyl (C=O) groups is 1. The van der Waals surface area contributed by atoms with Crippen LogP contribution in [0.25, 0.3) is 0 Å². The van der Waals surface area contributed by atoms with Gasteiger partial charge in [0.25, 0.3) is 0 Å². The second-order valence-corrected chi connectivity index (χ2v) is 6.61. The molecule has 0 aromatic rings. The molecule has 5 nitrogen and oxygen atoms in total. The van der Waals surface area contributed by atoms with Gasteiger partial charge in [-0.1, -0.05) is 13.8 Å². The van der Waals surface area contributed by atoms with Gasteiger partial charge in [-0.05, 0) is 33.1 Å². The lowest BCUT2D eigenvalue weighted by atomic mass is 10.0. The highest BCUT2D eigenvalue weighted by atomic mass is 16.6. The molecule has 5 heteroatoms. The minimum absolute atomic E-state index is 0.0867. The molecule has 0 spiro atoms. The standard InChI is InChI=1S/C14H28N2O3/c1-10(2)12(9-17)15-11-6-7-16(8-11)13(18)19-14(3,4)5/h10-12,15,17H,6-9H2,1-5H3. The largest absolute Gasteiger partial charge is 0.444 e. The SMILES string of the molecule is CC(C)C(CO)NC1CCN(C(=O)OC(C)(C)C)C1. The zero-order valence-corrected chi connectivity index (χ0v) is 12.8. The highest BCUT2D eigenvalue weighted by Gasteiger charge is 2.31. The van der Waals surface area contributed by atoms with E-state index in [4.69, 9.17) is 4.74 Å². The van der Waals surface area contributed by atoms with Crippen molar-refractivity contribution < 1.29 is 14.6 Å². The number of hydrogen-bond acceptors (Lipinski definition) is 4. The van der Waals surface area contributed by atoms with E-state index in [2.05, 4.69) is 19.2 Å². The van der Waals surface area contributed by atoms with Crippen molar-refractivity contribution in [2.24, 2.45) is 5.92 Å². The molecule has 19 heavy (non-hydrogen) atoms. The van der Waals surface area contributed by atoms with Crippen molar-refractivity contribution in [3.8, 4) is 0 Å². The normalized spacial score (nSPS) is 21.8. The maximum absolute atomic E-state index is 11.9. The molecular formula is C14H28N2O3. The number of likely N-dealkylation sites (tertiary alicyclic amines) is 1. The summed E-state index contributed by atoms with van der Waals surface area (Å²) in [7, 11) is 0. The molecule has 1 heterocycles. The van der Waals surface area contributed by atoms with Gasteiger partial charge < -0.3 is 20.1 Å². The van der Waals surface area contributed by atoms with E-state index in [1.165, 1.54) is 0 Å². The number of aliphatic hydroxyl groups is 1. The number of nitrogens with one attached hydrogen (secondary N) is 1. The van der Waals surface area contributed by atoms with Gasteiger partial charge in [0, 0.05) is 25.2 Å². The molecule has 2 atom stereocenters. The van der Waals surface area contributed by atoms with Gasteiger partial charge in [-0.3, -0.25) is 0 Å². The van der Waals surface area contributed by atoms with E-state index in [1.807, 2.05) is 20.8 Å². The fourth-order valence-corrected chi connectivity index (χ4v) is 2.15. The Morgan fingerprint density at radius 3 is 2.58 bits per heavy atom. The van der Waals surface area contributed by atoms with Gasteiger partial charge in [-0.25, -0.2) is 4.79 Å². The van der Waals surface area contributed by atoms with Crippen LogP contribution < -0.4 is 5.32 Å². The molecule has 1 amide bonds. The van der Waals surface area contributed by atoms with Crippen LogP contribution in [-0.2, 0) is 4.74 Å². The lowest BCUT2D eigenvalue weighted by molar-refractivity contribution is 0.0289. The second-order valence-electron chi connectivity index (χ2n) is 6.61. The molecule has 0 aromatic heterocycles. The summed E-state index contributed by atoms with van der Waals surface area (Å²) in [6, 6.07) is 0.329. The van der Waals surface area contributed by atoms with Crippen molar-refractivity contribution in [3.05, 3.63) is 0 Å². The van der Waals surface area contributed by atoms with E-state index in [1.54, 1.807) is 4.90 Å². The van der Waals surface area contributed by atoms with Gasteiger partial charge in [0.1, 0.15) is 5.60 Å². The van der Waals surface area contributed by atoms with E-state index in [9.17, 15) is 9.90 Å². The number of nitrogens with zero attached hydrogens (tertiary/aromatic N) is 1. The molecule has 1 rings (SSSR count). The lowest BCUT2D eigenvalue weighted by Gasteiger charge is -2.26. The molecule has 1 saturated heterocycles. The zero-order valence-electron chi connectivity index (χ0n) is 12.8. The van der Waals surface area contributed by atoms with Crippen molar-refractivity contribution in [3.63, 3.8) is 0 Å². The fraction of sp³-hybridized carbons (Fsp3) is 0.929. The number of carbonyl (C=O) groups excluding carboxylic acids is 1. The Morgan fingerprint density at radius 2 is 2.11 bits per heavy atom. The summed E-state index contributed by atoms with van der Waals surface area (Å²) in [4.78, 5) is 13.7. The summed E-state index contributed by atoms with van der Waals surface area (Å²) in [6.07, 6.45) is 0.657. The van der Waals surface area contributed by atoms with Crippen LogP contribution in [0, 0.1) is 5.92 Å².